The van der Waals surface area contributed by atoms with Crippen LogP contribution in [0.5, 0.6) is 11.8 Å². The first kappa shape index (κ1) is 19.6. The van der Waals surface area contributed by atoms with Gasteiger partial charge in [-0.3, -0.25) is 4.79 Å². The zero-order chi connectivity index (χ0) is 19.3. The Morgan fingerprint density at radius 2 is 2.00 bits per heavy atom. The van der Waals surface area contributed by atoms with E-state index in [2.05, 4.69) is 9.97 Å². The summed E-state index contributed by atoms with van der Waals surface area (Å²) in [6.07, 6.45) is 1.51. The first-order valence-electron chi connectivity index (χ1n) is 7.77. The number of thiazole rings is 1. The Balaban J connectivity index is 2.38. The number of aromatic nitrogens is 2. The van der Waals surface area contributed by atoms with Crippen LogP contribution in [0.3, 0.4) is 0 Å². The van der Waals surface area contributed by atoms with Gasteiger partial charge in [-0.2, -0.15) is 4.98 Å². The van der Waals surface area contributed by atoms with E-state index < -0.39 is 11.7 Å². The van der Waals surface area contributed by atoms with Gasteiger partial charge in [0.1, 0.15) is 5.60 Å². The molecule has 2 rings (SSSR count). The zero-order valence-electron chi connectivity index (χ0n) is 15.3. The topological polar surface area (TPSA) is 90.8 Å². The van der Waals surface area contributed by atoms with E-state index in [1.807, 2.05) is 0 Å². The molecule has 0 bridgehead atoms. The highest BCUT2D eigenvalue weighted by Gasteiger charge is 2.27. The minimum absolute atomic E-state index is 0.112. The molecule has 0 N–H and O–H groups in total. The lowest BCUT2D eigenvalue weighted by Crippen LogP contribution is -2.36. The van der Waals surface area contributed by atoms with Crippen LogP contribution in [0.4, 0.5) is 9.93 Å². The maximum Gasteiger partial charge on any atom is 0.416 e. The van der Waals surface area contributed by atoms with Crippen LogP contribution in [0, 0.1) is 0 Å². The van der Waals surface area contributed by atoms with Gasteiger partial charge >= 0.3 is 6.09 Å². The predicted octanol–water partition coefficient (Wildman–Crippen LogP) is 3.31. The number of rotatable bonds is 6. The maximum atomic E-state index is 12.7. The number of amides is 1. The summed E-state index contributed by atoms with van der Waals surface area (Å²) in [5.74, 6) is 0.719. The van der Waals surface area contributed by atoms with Crippen molar-refractivity contribution in [2.45, 2.75) is 32.9 Å². The molecule has 2 heterocycles. The van der Waals surface area contributed by atoms with E-state index in [1.165, 1.54) is 25.3 Å². The summed E-state index contributed by atoms with van der Waals surface area (Å²) in [5, 5.41) is 0.347. The van der Waals surface area contributed by atoms with Crippen LogP contribution < -0.4 is 14.4 Å². The van der Waals surface area contributed by atoms with Crippen molar-refractivity contribution >= 4 is 28.8 Å². The second kappa shape index (κ2) is 8.13. The highest BCUT2D eigenvalue weighted by molar-refractivity contribution is 7.17. The number of hydrogen-bond acceptors (Lipinski definition) is 8. The van der Waals surface area contributed by atoms with Gasteiger partial charge in [0.05, 0.1) is 31.8 Å². The van der Waals surface area contributed by atoms with E-state index in [0.717, 1.165) is 11.3 Å². The smallest absolute Gasteiger partial charge is 0.416 e. The molecular formula is C17H21N3O5S. The molecule has 0 atom stereocenters. The SMILES string of the molecule is COc1ccc(CN(C(=O)OC(C)(C)C)c2ncc(C=O)s2)c(OC)n1. The van der Waals surface area contributed by atoms with Crippen molar-refractivity contribution in [2.75, 3.05) is 19.1 Å². The molecule has 0 aromatic carbocycles. The molecule has 8 nitrogen and oxygen atoms in total. The molecule has 0 fully saturated rings. The molecule has 0 aliphatic heterocycles. The summed E-state index contributed by atoms with van der Waals surface area (Å²) >= 11 is 1.10. The number of ether oxygens (including phenoxy) is 3. The van der Waals surface area contributed by atoms with Gasteiger partial charge in [0.15, 0.2) is 11.4 Å². The van der Waals surface area contributed by atoms with Gasteiger partial charge < -0.3 is 14.2 Å². The first-order valence-corrected chi connectivity index (χ1v) is 8.58. The Morgan fingerprint density at radius 1 is 1.27 bits per heavy atom. The Bertz CT molecular complexity index is 785. The molecular weight excluding hydrogens is 358 g/mol. The van der Waals surface area contributed by atoms with Crippen LogP contribution in [-0.4, -0.2) is 42.2 Å². The molecule has 0 unspecified atom stereocenters. The van der Waals surface area contributed by atoms with Gasteiger partial charge in [-0.25, -0.2) is 14.7 Å². The Labute approximate surface area is 155 Å². The summed E-state index contributed by atoms with van der Waals surface area (Å²) in [4.78, 5) is 33.8. The number of anilines is 1. The second-order valence-electron chi connectivity index (χ2n) is 6.25. The van der Waals surface area contributed by atoms with Crippen LogP contribution in [0.15, 0.2) is 18.3 Å². The van der Waals surface area contributed by atoms with Gasteiger partial charge in [-0.15, -0.1) is 0 Å². The fraction of sp³-hybridized carbons (Fsp3) is 0.412. The van der Waals surface area contributed by atoms with Crippen molar-refractivity contribution in [1.29, 1.82) is 0 Å². The molecule has 140 valence electrons. The lowest BCUT2D eigenvalue weighted by atomic mass is 10.2. The summed E-state index contributed by atoms with van der Waals surface area (Å²) in [5.41, 5.74) is -0.0375. The van der Waals surface area contributed by atoms with Gasteiger partial charge in [-0.05, 0) is 26.8 Å². The van der Waals surface area contributed by atoms with Crippen LogP contribution in [0.2, 0.25) is 0 Å². The number of carbonyl (C=O) groups is 2. The molecule has 0 saturated carbocycles. The normalized spacial score (nSPS) is 11.0. The largest absolute Gasteiger partial charge is 0.481 e. The number of pyridine rings is 1. The third kappa shape index (κ3) is 4.92. The van der Waals surface area contributed by atoms with Crippen molar-refractivity contribution in [3.63, 3.8) is 0 Å². The summed E-state index contributed by atoms with van der Waals surface area (Å²) < 4.78 is 15.8. The minimum Gasteiger partial charge on any atom is -0.481 e. The first-order chi connectivity index (χ1) is 12.3. The Kier molecular flexibility index (Phi) is 6.14. The van der Waals surface area contributed by atoms with Crippen molar-refractivity contribution in [3.8, 4) is 11.8 Å². The molecule has 0 aliphatic carbocycles. The fourth-order valence-corrected chi connectivity index (χ4v) is 2.74. The number of carbonyl (C=O) groups excluding carboxylic acids is 2. The molecule has 0 aliphatic rings. The van der Waals surface area contributed by atoms with E-state index >= 15 is 0 Å². The standard InChI is InChI=1S/C17H21N3O5S/c1-17(2,3)25-16(22)20(15-18-8-12(10-21)26-15)9-11-6-7-13(23-4)19-14(11)24-5/h6-8,10H,9H2,1-5H3. The third-order valence-corrected chi connectivity index (χ3v) is 4.06. The molecule has 9 heteroatoms. The summed E-state index contributed by atoms with van der Waals surface area (Å²) in [7, 11) is 2.99. The van der Waals surface area contributed by atoms with E-state index in [0.29, 0.717) is 33.6 Å². The van der Waals surface area contributed by atoms with E-state index in [-0.39, 0.29) is 6.54 Å². The van der Waals surface area contributed by atoms with E-state index in [9.17, 15) is 9.59 Å². The number of methoxy groups -OCH3 is 2. The average molecular weight is 379 g/mol. The molecule has 0 radical (unpaired) electrons. The molecule has 26 heavy (non-hydrogen) atoms. The highest BCUT2D eigenvalue weighted by Crippen LogP contribution is 2.28. The number of aldehydes is 1. The highest BCUT2D eigenvalue weighted by atomic mass is 32.1. The monoisotopic (exact) mass is 379 g/mol. The van der Waals surface area contributed by atoms with Crippen LogP contribution >= 0.6 is 11.3 Å². The Hall–Kier alpha value is -2.68. The van der Waals surface area contributed by atoms with Crippen LogP contribution in [-0.2, 0) is 11.3 Å². The molecule has 2 aromatic heterocycles. The summed E-state index contributed by atoms with van der Waals surface area (Å²) in [6.45, 7) is 5.44. The van der Waals surface area contributed by atoms with Gasteiger partial charge in [0.2, 0.25) is 11.8 Å². The lowest BCUT2D eigenvalue weighted by Gasteiger charge is -2.26. The molecule has 2 aromatic rings. The lowest BCUT2D eigenvalue weighted by molar-refractivity contribution is 0.0577. The minimum atomic E-state index is -0.678. The van der Waals surface area contributed by atoms with Crippen molar-refractivity contribution in [2.24, 2.45) is 0 Å². The molecule has 1 amide bonds. The number of nitrogens with zero attached hydrogens (tertiary/aromatic N) is 3. The average Bonchev–Trinajstić information content (AvgIpc) is 3.06. The molecule has 0 spiro atoms. The summed E-state index contributed by atoms with van der Waals surface area (Å²) in [6, 6.07) is 3.42. The van der Waals surface area contributed by atoms with Gasteiger partial charge in [-0.1, -0.05) is 11.3 Å². The van der Waals surface area contributed by atoms with E-state index in [1.54, 1.807) is 32.9 Å². The van der Waals surface area contributed by atoms with Gasteiger partial charge in [0.25, 0.3) is 0 Å². The van der Waals surface area contributed by atoms with Crippen molar-refractivity contribution in [3.05, 3.63) is 28.8 Å². The molecule has 0 saturated heterocycles. The van der Waals surface area contributed by atoms with Crippen LogP contribution in [0.25, 0.3) is 0 Å². The fourth-order valence-electron chi connectivity index (χ4n) is 2.02. The maximum absolute atomic E-state index is 12.7. The Morgan fingerprint density at radius 3 is 2.54 bits per heavy atom. The van der Waals surface area contributed by atoms with E-state index in [4.69, 9.17) is 14.2 Å². The van der Waals surface area contributed by atoms with Gasteiger partial charge in [0, 0.05) is 11.6 Å². The number of hydrogen-bond donors (Lipinski definition) is 0. The van der Waals surface area contributed by atoms with Crippen molar-refractivity contribution < 1.29 is 23.8 Å². The zero-order valence-corrected chi connectivity index (χ0v) is 16.1. The quantitative estimate of drug-likeness (QED) is 0.711. The third-order valence-electron chi connectivity index (χ3n) is 3.12. The predicted molar refractivity (Wildman–Crippen MR) is 97.3 cm³/mol. The van der Waals surface area contributed by atoms with Crippen LogP contribution in [0.1, 0.15) is 36.0 Å². The second-order valence-corrected chi connectivity index (χ2v) is 7.29. The van der Waals surface area contributed by atoms with Crippen molar-refractivity contribution in [1.82, 2.24) is 9.97 Å².